The van der Waals surface area contributed by atoms with Crippen LogP contribution >= 0.6 is 0 Å². The lowest BCUT2D eigenvalue weighted by Crippen LogP contribution is -2.28. The number of Topliss-reactive ketones (excluding diaryl/α,β-unsaturated/α-hetero) is 2. The molecule has 0 unspecified atom stereocenters. The molecule has 20 heavy (non-hydrogen) atoms. The minimum Gasteiger partial charge on any atom is -0.507 e. The van der Waals surface area contributed by atoms with Crippen LogP contribution in [0, 0.1) is 0 Å². The van der Waals surface area contributed by atoms with Crippen molar-refractivity contribution in [3.63, 3.8) is 0 Å². The number of benzene rings is 1. The summed E-state index contributed by atoms with van der Waals surface area (Å²) in [5.74, 6) is -1.55. The van der Waals surface area contributed by atoms with Gasteiger partial charge in [0.05, 0.1) is 11.1 Å². The van der Waals surface area contributed by atoms with E-state index in [1.165, 1.54) is 18.2 Å². The molecule has 2 atom stereocenters. The average Bonchev–Trinajstić information content (AvgIpc) is 2.74. The molecule has 1 aromatic carbocycles. The van der Waals surface area contributed by atoms with Crippen molar-refractivity contribution in [3.05, 3.63) is 52.8 Å². The molecule has 5 nitrogen and oxygen atoms in total. The van der Waals surface area contributed by atoms with Crippen molar-refractivity contribution in [1.29, 1.82) is 0 Å². The molecule has 0 radical (unpaired) electrons. The van der Waals surface area contributed by atoms with Crippen LogP contribution in [-0.4, -0.2) is 34.0 Å². The van der Waals surface area contributed by atoms with Crippen molar-refractivity contribution in [2.45, 2.75) is 19.1 Å². The third kappa shape index (κ3) is 1.47. The van der Waals surface area contributed by atoms with Gasteiger partial charge in [0.15, 0.2) is 11.5 Å². The molecular formula is C15H12O5. The Hall–Kier alpha value is -2.40. The van der Waals surface area contributed by atoms with Gasteiger partial charge >= 0.3 is 0 Å². The van der Waals surface area contributed by atoms with Crippen LogP contribution < -0.4 is 0 Å². The lowest BCUT2D eigenvalue weighted by Gasteiger charge is -2.16. The molecule has 3 rings (SSSR count). The molecule has 1 aliphatic heterocycles. The average molecular weight is 272 g/mol. The minimum absolute atomic E-state index is 0.0545. The van der Waals surface area contributed by atoms with Gasteiger partial charge in [-0.1, -0.05) is 18.7 Å². The molecule has 0 saturated carbocycles. The van der Waals surface area contributed by atoms with Crippen molar-refractivity contribution in [2.75, 3.05) is 0 Å². The zero-order valence-electron chi connectivity index (χ0n) is 10.7. The number of rotatable bonds is 1. The van der Waals surface area contributed by atoms with Crippen LogP contribution in [-0.2, 0) is 4.74 Å². The fraction of sp³-hybridized carbons (Fsp3) is 0.200. The molecule has 1 aromatic rings. The Bertz CT molecular complexity index is 698. The van der Waals surface area contributed by atoms with Gasteiger partial charge in [0, 0.05) is 5.56 Å². The zero-order valence-corrected chi connectivity index (χ0v) is 10.7. The van der Waals surface area contributed by atoms with Crippen LogP contribution in [0.25, 0.3) is 0 Å². The van der Waals surface area contributed by atoms with E-state index in [-0.39, 0.29) is 28.2 Å². The summed E-state index contributed by atoms with van der Waals surface area (Å²) in [5, 5.41) is 19.9. The van der Waals surface area contributed by atoms with Crippen LogP contribution in [0.3, 0.4) is 0 Å². The predicted octanol–water partition coefficient (Wildman–Crippen LogP) is 1.36. The highest BCUT2D eigenvalue weighted by atomic mass is 16.5. The first-order valence-electron chi connectivity index (χ1n) is 6.09. The molecule has 1 heterocycles. The molecule has 2 aliphatic rings. The number of aliphatic hydroxyl groups is 1. The van der Waals surface area contributed by atoms with Crippen molar-refractivity contribution in [3.8, 4) is 5.75 Å². The maximum atomic E-state index is 12.4. The van der Waals surface area contributed by atoms with Gasteiger partial charge in [0.2, 0.25) is 5.78 Å². The second-order valence-corrected chi connectivity index (χ2v) is 4.93. The van der Waals surface area contributed by atoms with E-state index in [1.54, 1.807) is 6.92 Å². The highest BCUT2D eigenvalue weighted by Crippen LogP contribution is 2.40. The number of hydrogen-bond donors (Lipinski definition) is 2. The summed E-state index contributed by atoms with van der Waals surface area (Å²) in [5.41, 5.74) is 0.464. The Morgan fingerprint density at radius 1 is 1.30 bits per heavy atom. The molecule has 0 fully saturated rings. The van der Waals surface area contributed by atoms with Gasteiger partial charge < -0.3 is 14.9 Å². The van der Waals surface area contributed by atoms with Gasteiger partial charge in [0.1, 0.15) is 18.0 Å². The fourth-order valence-electron chi connectivity index (χ4n) is 2.55. The highest BCUT2D eigenvalue weighted by Gasteiger charge is 2.47. The number of ketones is 2. The Balaban J connectivity index is 2.18. The first kappa shape index (κ1) is 12.6. The van der Waals surface area contributed by atoms with Gasteiger partial charge in [-0.15, -0.1) is 0 Å². The van der Waals surface area contributed by atoms with Crippen molar-refractivity contribution < 1.29 is 24.5 Å². The summed E-state index contributed by atoms with van der Waals surface area (Å²) in [6.07, 6.45) is -2.03. The SMILES string of the molecule is C=C(C)[C@H]1OC2=C(C(=O)c3cccc(O)c3C2=O)[C@@H]1O. The summed E-state index contributed by atoms with van der Waals surface area (Å²) in [7, 11) is 0. The number of hydrogen-bond acceptors (Lipinski definition) is 5. The molecule has 0 amide bonds. The molecule has 2 N–H and O–H groups in total. The van der Waals surface area contributed by atoms with E-state index < -0.39 is 23.8 Å². The smallest absolute Gasteiger partial charge is 0.232 e. The minimum atomic E-state index is -1.21. The van der Waals surface area contributed by atoms with Crippen LogP contribution in [0.15, 0.2) is 41.7 Å². The molecular weight excluding hydrogens is 260 g/mol. The second-order valence-electron chi connectivity index (χ2n) is 4.93. The van der Waals surface area contributed by atoms with Crippen molar-refractivity contribution in [2.24, 2.45) is 0 Å². The monoisotopic (exact) mass is 272 g/mol. The van der Waals surface area contributed by atoms with E-state index in [0.29, 0.717) is 5.57 Å². The normalized spacial score (nSPS) is 24.3. The molecule has 1 aliphatic carbocycles. The third-order valence-corrected chi connectivity index (χ3v) is 3.52. The van der Waals surface area contributed by atoms with Crippen LogP contribution in [0.1, 0.15) is 27.6 Å². The number of aromatic hydroxyl groups is 1. The summed E-state index contributed by atoms with van der Waals surface area (Å²) >= 11 is 0. The summed E-state index contributed by atoms with van der Waals surface area (Å²) in [6, 6.07) is 4.25. The fourth-order valence-corrected chi connectivity index (χ4v) is 2.55. The number of allylic oxidation sites excluding steroid dienone is 1. The number of carbonyl (C=O) groups is 2. The van der Waals surface area contributed by atoms with Gasteiger partial charge in [-0.2, -0.15) is 0 Å². The van der Waals surface area contributed by atoms with Gasteiger partial charge in [0.25, 0.3) is 0 Å². The Morgan fingerprint density at radius 3 is 2.65 bits per heavy atom. The number of carbonyl (C=O) groups excluding carboxylic acids is 2. The van der Waals surface area contributed by atoms with E-state index >= 15 is 0 Å². The lowest BCUT2D eigenvalue weighted by molar-refractivity contribution is 0.0644. The number of aliphatic hydroxyl groups excluding tert-OH is 1. The van der Waals surface area contributed by atoms with E-state index in [4.69, 9.17) is 4.74 Å². The number of phenolic OH excluding ortho intramolecular Hbond substituents is 1. The zero-order chi connectivity index (χ0) is 14.6. The quantitative estimate of drug-likeness (QED) is 0.754. The number of phenols is 1. The van der Waals surface area contributed by atoms with Crippen LogP contribution in [0.5, 0.6) is 5.75 Å². The highest BCUT2D eigenvalue weighted by molar-refractivity contribution is 6.27. The lowest BCUT2D eigenvalue weighted by atomic mass is 9.85. The molecule has 0 saturated heterocycles. The Morgan fingerprint density at radius 2 is 2.00 bits per heavy atom. The third-order valence-electron chi connectivity index (χ3n) is 3.52. The van der Waals surface area contributed by atoms with Gasteiger partial charge in [-0.3, -0.25) is 9.59 Å². The second kappa shape index (κ2) is 4.05. The van der Waals surface area contributed by atoms with Crippen molar-refractivity contribution >= 4 is 11.6 Å². The first-order valence-corrected chi connectivity index (χ1v) is 6.09. The predicted molar refractivity (Wildman–Crippen MR) is 69.5 cm³/mol. The summed E-state index contributed by atoms with van der Waals surface area (Å²) in [6.45, 7) is 5.32. The maximum Gasteiger partial charge on any atom is 0.232 e. The van der Waals surface area contributed by atoms with E-state index in [1.807, 2.05) is 0 Å². The number of ether oxygens (including phenoxy) is 1. The Kier molecular flexibility index (Phi) is 2.55. The van der Waals surface area contributed by atoms with Crippen LogP contribution in [0.2, 0.25) is 0 Å². The summed E-state index contributed by atoms with van der Waals surface area (Å²) in [4.78, 5) is 24.7. The largest absolute Gasteiger partial charge is 0.507 e. The van der Waals surface area contributed by atoms with E-state index in [9.17, 15) is 19.8 Å². The first-order chi connectivity index (χ1) is 9.43. The maximum absolute atomic E-state index is 12.4. The topological polar surface area (TPSA) is 83.8 Å². The van der Waals surface area contributed by atoms with E-state index in [0.717, 1.165) is 0 Å². The molecule has 5 heteroatoms. The molecule has 0 bridgehead atoms. The van der Waals surface area contributed by atoms with Crippen LogP contribution in [0.4, 0.5) is 0 Å². The van der Waals surface area contributed by atoms with E-state index in [2.05, 4.69) is 6.58 Å². The standard InChI is InChI=1S/C15H12O5/c1-6(2)14-13(19)10-11(17)7-4-3-5-8(16)9(7)12(18)15(10)20-14/h3-5,13-14,16,19H,1H2,2H3/t13-,14+/m0/s1. The molecule has 102 valence electrons. The number of fused-ring (bicyclic) bond motifs is 1. The van der Waals surface area contributed by atoms with Crippen molar-refractivity contribution in [1.82, 2.24) is 0 Å². The molecule has 0 spiro atoms. The van der Waals surface area contributed by atoms with Gasteiger partial charge in [-0.05, 0) is 18.6 Å². The van der Waals surface area contributed by atoms with Gasteiger partial charge in [-0.25, -0.2) is 0 Å². The Labute approximate surface area is 114 Å². The summed E-state index contributed by atoms with van der Waals surface area (Å²) < 4.78 is 5.38. The molecule has 0 aromatic heterocycles.